The fraction of sp³-hybridized carbons (Fsp3) is 0.538. The Hall–Kier alpha value is -0.820. The molecule has 1 aromatic rings. The van der Waals surface area contributed by atoms with Gasteiger partial charge in [-0.15, -0.1) is 0 Å². The molecule has 2 rings (SSSR count). The minimum Gasteiger partial charge on any atom is -0.376 e. The summed E-state index contributed by atoms with van der Waals surface area (Å²) in [6, 6.07) is 2.59. The van der Waals surface area contributed by atoms with Crippen LogP contribution in [0.3, 0.4) is 0 Å². The first kappa shape index (κ1) is 15.6. The Morgan fingerprint density at radius 1 is 1.55 bits per heavy atom. The van der Waals surface area contributed by atoms with Crippen LogP contribution in [-0.2, 0) is 0 Å². The van der Waals surface area contributed by atoms with Crippen LogP contribution >= 0.6 is 27.7 Å². The third-order valence-corrected chi connectivity index (χ3v) is 5.34. The van der Waals surface area contributed by atoms with Crippen molar-refractivity contribution in [2.24, 2.45) is 0 Å². The van der Waals surface area contributed by atoms with Crippen molar-refractivity contribution in [1.82, 2.24) is 0 Å². The first-order chi connectivity index (χ1) is 9.52. The SMILES string of the molecule is CCSC1CCCC1Nc1cc(F)c(Br)cc1[N+](=O)[O-]. The van der Waals surface area contributed by atoms with Crippen molar-refractivity contribution in [3.8, 4) is 0 Å². The predicted octanol–water partition coefficient (Wildman–Crippen LogP) is 4.58. The number of halogens is 2. The van der Waals surface area contributed by atoms with Crippen molar-refractivity contribution in [2.75, 3.05) is 11.1 Å². The van der Waals surface area contributed by atoms with Crippen molar-refractivity contribution in [2.45, 2.75) is 37.5 Å². The summed E-state index contributed by atoms with van der Waals surface area (Å²) in [5, 5.41) is 14.7. The molecule has 0 saturated heterocycles. The van der Waals surface area contributed by atoms with E-state index >= 15 is 0 Å². The molecule has 0 aliphatic heterocycles. The van der Waals surface area contributed by atoms with E-state index in [2.05, 4.69) is 28.2 Å². The number of rotatable bonds is 5. The molecule has 0 heterocycles. The Labute approximate surface area is 129 Å². The minimum absolute atomic E-state index is 0.0922. The highest BCUT2D eigenvalue weighted by molar-refractivity contribution is 9.10. The van der Waals surface area contributed by atoms with Gasteiger partial charge >= 0.3 is 0 Å². The van der Waals surface area contributed by atoms with Gasteiger partial charge in [-0.05, 0) is 34.5 Å². The van der Waals surface area contributed by atoms with Gasteiger partial charge in [-0.25, -0.2) is 4.39 Å². The number of nitro groups is 1. The van der Waals surface area contributed by atoms with E-state index in [4.69, 9.17) is 0 Å². The highest BCUT2D eigenvalue weighted by atomic mass is 79.9. The highest BCUT2D eigenvalue weighted by Crippen LogP contribution is 2.36. The lowest BCUT2D eigenvalue weighted by Crippen LogP contribution is -2.26. The standard InChI is InChI=1S/C13H16BrFN2O2S/c1-2-20-13-5-3-4-10(13)16-11-7-9(15)8(14)6-12(11)17(18)19/h6-7,10,13,16H,2-5H2,1H3. The molecule has 20 heavy (non-hydrogen) atoms. The zero-order chi connectivity index (χ0) is 14.7. The van der Waals surface area contributed by atoms with Crippen molar-refractivity contribution in [3.63, 3.8) is 0 Å². The molecule has 0 amide bonds. The second-order valence-electron chi connectivity index (χ2n) is 4.72. The number of benzene rings is 1. The summed E-state index contributed by atoms with van der Waals surface area (Å²) in [6.07, 6.45) is 3.16. The lowest BCUT2D eigenvalue weighted by Gasteiger charge is -2.21. The average molecular weight is 363 g/mol. The fourth-order valence-corrected chi connectivity index (χ4v) is 4.04. The van der Waals surface area contributed by atoms with Gasteiger partial charge in [-0.2, -0.15) is 11.8 Å². The molecule has 1 N–H and O–H groups in total. The Kier molecular flexibility index (Phi) is 5.26. The van der Waals surface area contributed by atoms with E-state index in [1.807, 2.05) is 11.8 Å². The van der Waals surface area contributed by atoms with Crippen LogP contribution in [0.1, 0.15) is 26.2 Å². The van der Waals surface area contributed by atoms with Crippen molar-refractivity contribution in [3.05, 3.63) is 32.5 Å². The fourth-order valence-electron chi connectivity index (χ4n) is 2.51. The lowest BCUT2D eigenvalue weighted by atomic mass is 10.2. The maximum Gasteiger partial charge on any atom is 0.293 e. The molecular weight excluding hydrogens is 347 g/mol. The van der Waals surface area contributed by atoms with Gasteiger partial charge in [0.05, 0.1) is 9.40 Å². The Morgan fingerprint density at radius 2 is 2.30 bits per heavy atom. The molecule has 0 spiro atoms. The number of hydrogen-bond donors (Lipinski definition) is 1. The number of thioether (sulfide) groups is 1. The first-order valence-electron chi connectivity index (χ1n) is 6.54. The van der Waals surface area contributed by atoms with E-state index in [0.717, 1.165) is 25.0 Å². The minimum atomic E-state index is -0.490. The van der Waals surface area contributed by atoms with E-state index in [-0.39, 0.29) is 21.9 Å². The van der Waals surface area contributed by atoms with Crippen LogP contribution in [0.25, 0.3) is 0 Å². The van der Waals surface area contributed by atoms with Gasteiger partial charge in [0, 0.05) is 23.4 Å². The molecule has 7 heteroatoms. The van der Waals surface area contributed by atoms with Gasteiger partial charge in [-0.1, -0.05) is 13.3 Å². The summed E-state index contributed by atoms with van der Waals surface area (Å²) in [5.41, 5.74) is 0.176. The first-order valence-corrected chi connectivity index (χ1v) is 8.38. The second kappa shape index (κ2) is 6.76. The maximum absolute atomic E-state index is 13.6. The molecule has 0 bridgehead atoms. The van der Waals surface area contributed by atoms with Crippen molar-refractivity contribution < 1.29 is 9.31 Å². The number of anilines is 1. The van der Waals surface area contributed by atoms with E-state index in [1.165, 1.54) is 12.1 Å². The quantitative estimate of drug-likeness (QED) is 0.615. The Morgan fingerprint density at radius 3 is 2.95 bits per heavy atom. The number of nitro benzene ring substituents is 1. The zero-order valence-electron chi connectivity index (χ0n) is 11.1. The molecule has 1 aromatic carbocycles. The molecule has 0 aromatic heterocycles. The van der Waals surface area contributed by atoms with Crippen LogP contribution in [0, 0.1) is 15.9 Å². The molecular formula is C13H16BrFN2O2S. The van der Waals surface area contributed by atoms with Gasteiger partial charge in [-0.3, -0.25) is 10.1 Å². The van der Waals surface area contributed by atoms with E-state index < -0.39 is 10.7 Å². The maximum atomic E-state index is 13.6. The van der Waals surface area contributed by atoms with E-state index in [1.54, 1.807) is 0 Å². The smallest absolute Gasteiger partial charge is 0.293 e. The van der Waals surface area contributed by atoms with Gasteiger partial charge < -0.3 is 5.32 Å². The molecule has 110 valence electrons. The highest BCUT2D eigenvalue weighted by Gasteiger charge is 2.29. The van der Waals surface area contributed by atoms with Gasteiger partial charge in [0.25, 0.3) is 5.69 Å². The average Bonchev–Trinajstić information content (AvgIpc) is 2.81. The molecule has 1 fully saturated rings. The third kappa shape index (κ3) is 3.44. The normalized spacial score (nSPS) is 21.9. The van der Waals surface area contributed by atoms with Crippen LogP contribution in [0.4, 0.5) is 15.8 Å². The van der Waals surface area contributed by atoms with Crippen LogP contribution in [0.2, 0.25) is 0 Å². The molecule has 1 aliphatic carbocycles. The summed E-state index contributed by atoms with van der Waals surface area (Å²) >= 11 is 4.84. The van der Waals surface area contributed by atoms with Gasteiger partial charge in [0.15, 0.2) is 0 Å². The summed E-state index contributed by atoms with van der Waals surface area (Å²) in [4.78, 5) is 10.6. The van der Waals surface area contributed by atoms with Crippen LogP contribution in [0.5, 0.6) is 0 Å². The van der Waals surface area contributed by atoms with Gasteiger partial charge in [0.1, 0.15) is 11.5 Å². The topological polar surface area (TPSA) is 55.2 Å². The number of nitrogens with zero attached hydrogens (tertiary/aromatic N) is 1. The lowest BCUT2D eigenvalue weighted by molar-refractivity contribution is -0.384. The van der Waals surface area contributed by atoms with Crippen molar-refractivity contribution >= 4 is 39.1 Å². The Bertz CT molecular complexity index is 515. The zero-order valence-corrected chi connectivity index (χ0v) is 13.5. The predicted molar refractivity (Wildman–Crippen MR) is 83.9 cm³/mol. The molecule has 4 nitrogen and oxygen atoms in total. The summed E-state index contributed by atoms with van der Waals surface area (Å²) in [7, 11) is 0. The Balaban J connectivity index is 2.24. The van der Waals surface area contributed by atoms with E-state index in [0.29, 0.717) is 5.25 Å². The second-order valence-corrected chi connectivity index (χ2v) is 7.09. The summed E-state index contributed by atoms with van der Waals surface area (Å²) in [6.45, 7) is 2.10. The summed E-state index contributed by atoms with van der Waals surface area (Å²) < 4.78 is 13.7. The number of nitrogens with one attached hydrogen (secondary N) is 1. The number of hydrogen-bond acceptors (Lipinski definition) is 4. The van der Waals surface area contributed by atoms with Crippen LogP contribution in [-0.4, -0.2) is 22.0 Å². The molecule has 1 aliphatic rings. The van der Waals surface area contributed by atoms with Crippen molar-refractivity contribution in [1.29, 1.82) is 0 Å². The van der Waals surface area contributed by atoms with Crippen LogP contribution < -0.4 is 5.32 Å². The molecule has 0 radical (unpaired) electrons. The van der Waals surface area contributed by atoms with Gasteiger partial charge in [0.2, 0.25) is 0 Å². The largest absolute Gasteiger partial charge is 0.376 e. The molecule has 1 saturated carbocycles. The molecule has 2 unspecified atom stereocenters. The van der Waals surface area contributed by atoms with E-state index in [9.17, 15) is 14.5 Å². The third-order valence-electron chi connectivity index (χ3n) is 3.41. The molecule has 2 atom stereocenters. The van der Waals surface area contributed by atoms with Crippen LogP contribution in [0.15, 0.2) is 16.6 Å². The monoisotopic (exact) mass is 362 g/mol. The summed E-state index contributed by atoms with van der Waals surface area (Å²) in [5.74, 6) is 0.524.